The van der Waals surface area contributed by atoms with E-state index < -0.39 is 21.9 Å². The third kappa shape index (κ3) is 5.96. The maximum absolute atomic E-state index is 13.8. The molecule has 0 aliphatic carbocycles. The fourth-order valence-electron chi connectivity index (χ4n) is 5.49. The normalized spacial score (nSPS) is 17.3. The third-order valence-electron chi connectivity index (χ3n) is 7.49. The molecule has 1 aliphatic rings. The second-order valence-electron chi connectivity index (χ2n) is 10.6. The fourth-order valence-corrected chi connectivity index (χ4v) is 7.10. The Morgan fingerprint density at radius 3 is 2.71 bits per heavy atom. The summed E-state index contributed by atoms with van der Waals surface area (Å²) in [7, 11) is -0.560. The van der Waals surface area contributed by atoms with Crippen molar-refractivity contribution >= 4 is 27.0 Å². The minimum Gasteiger partial charge on any atom is -0.494 e. The van der Waals surface area contributed by atoms with Crippen LogP contribution in [-0.4, -0.2) is 65.1 Å². The number of nitrogens with two attached hydrogens (primary N) is 1. The Bertz CT molecular complexity index is 1720. The lowest BCUT2D eigenvalue weighted by molar-refractivity contribution is -0.137. The van der Waals surface area contributed by atoms with Gasteiger partial charge in [0.2, 0.25) is 10.0 Å². The van der Waals surface area contributed by atoms with Gasteiger partial charge in [-0.1, -0.05) is 35.5 Å². The predicted molar refractivity (Wildman–Crippen MR) is 157 cm³/mol. The van der Waals surface area contributed by atoms with Crippen molar-refractivity contribution in [3.63, 3.8) is 0 Å². The summed E-state index contributed by atoms with van der Waals surface area (Å²) >= 11 is 0. The quantitative estimate of drug-likeness (QED) is 0.282. The van der Waals surface area contributed by atoms with Crippen LogP contribution in [0.4, 0.5) is 0 Å². The van der Waals surface area contributed by atoms with Crippen LogP contribution in [0.2, 0.25) is 0 Å². The summed E-state index contributed by atoms with van der Waals surface area (Å²) in [6.07, 6.45) is 0.988. The van der Waals surface area contributed by atoms with Crippen LogP contribution in [0.3, 0.4) is 0 Å². The van der Waals surface area contributed by atoms with Crippen molar-refractivity contribution in [1.82, 2.24) is 19.3 Å². The molecule has 12 heteroatoms. The Balaban J connectivity index is 1.48. The second-order valence-corrected chi connectivity index (χ2v) is 12.5. The summed E-state index contributed by atoms with van der Waals surface area (Å²) in [4.78, 5) is 12.1. The lowest BCUT2D eigenvalue weighted by Gasteiger charge is -2.23. The van der Waals surface area contributed by atoms with E-state index in [2.05, 4.69) is 10.3 Å². The highest BCUT2D eigenvalue weighted by Gasteiger charge is 2.34. The van der Waals surface area contributed by atoms with Crippen LogP contribution in [0.5, 0.6) is 11.5 Å². The summed E-state index contributed by atoms with van der Waals surface area (Å²) in [6.45, 7) is 2.66. The maximum Gasteiger partial charge on any atom is 0.304 e. The van der Waals surface area contributed by atoms with Gasteiger partial charge in [-0.05, 0) is 72.8 Å². The lowest BCUT2D eigenvalue weighted by Crippen LogP contribution is -2.35. The number of ether oxygens (including phenoxy) is 2. The zero-order valence-electron chi connectivity index (χ0n) is 23.9. The summed E-state index contributed by atoms with van der Waals surface area (Å²) in [5, 5.41) is 18.1. The van der Waals surface area contributed by atoms with E-state index in [-0.39, 0.29) is 30.5 Å². The van der Waals surface area contributed by atoms with Crippen molar-refractivity contribution in [3.8, 4) is 11.5 Å². The largest absolute Gasteiger partial charge is 0.494 e. The van der Waals surface area contributed by atoms with Gasteiger partial charge in [-0.2, -0.15) is 4.31 Å². The van der Waals surface area contributed by atoms with Crippen LogP contribution in [0.15, 0.2) is 59.5 Å². The topological polar surface area (TPSA) is 150 Å². The molecule has 1 aromatic heterocycles. The number of benzene rings is 3. The number of aryl methyl sites for hydroxylation is 2. The van der Waals surface area contributed by atoms with E-state index in [1.54, 1.807) is 31.0 Å². The van der Waals surface area contributed by atoms with Gasteiger partial charge in [-0.15, -0.1) is 5.10 Å². The monoisotopic (exact) mass is 593 g/mol. The number of sulfonamides is 1. The number of fused-ring (bicyclic) bond motifs is 2. The molecule has 2 atom stereocenters. The highest BCUT2D eigenvalue weighted by molar-refractivity contribution is 7.89. The summed E-state index contributed by atoms with van der Waals surface area (Å²) in [5.41, 5.74) is 10.1. The van der Waals surface area contributed by atoms with Gasteiger partial charge in [0.25, 0.3) is 0 Å². The van der Waals surface area contributed by atoms with Crippen LogP contribution in [-0.2, 0) is 34.8 Å². The van der Waals surface area contributed by atoms with Gasteiger partial charge in [-0.25, -0.2) is 13.1 Å². The Morgan fingerprint density at radius 1 is 1.17 bits per heavy atom. The first-order chi connectivity index (χ1) is 20.1. The average molecular weight is 594 g/mol. The number of methoxy groups -OCH3 is 1. The second kappa shape index (κ2) is 12.1. The molecule has 1 aliphatic heterocycles. The van der Waals surface area contributed by atoms with E-state index in [4.69, 9.17) is 15.2 Å². The molecule has 3 N–H and O–H groups in total. The highest BCUT2D eigenvalue weighted by Crippen LogP contribution is 2.36. The first-order valence-electron chi connectivity index (χ1n) is 13.8. The van der Waals surface area contributed by atoms with Gasteiger partial charge in [0.15, 0.2) is 0 Å². The molecule has 0 radical (unpaired) electrons. The number of hydrogen-bond acceptors (Lipinski definition) is 8. The van der Waals surface area contributed by atoms with Gasteiger partial charge >= 0.3 is 5.97 Å². The van der Waals surface area contributed by atoms with Gasteiger partial charge in [0, 0.05) is 19.5 Å². The Morgan fingerprint density at radius 2 is 1.98 bits per heavy atom. The molecule has 0 saturated carbocycles. The molecule has 0 spiro atoms. The molecule has 0 bridgehead atoms. The number of aliphatic carboxylic acids is 1. The van der Waals surface area contributed by atoms with Crippen LogP contribution in [0.25, 0.3) is 11.0 Å². The van der Waals surface area contributed by atoms with E-state index in [1.807, 2.05) is 49.4 Å². The molecule has 0 amide bonds. The van der Waals surface area contributed by atoms with Crippen LogP contribution in [0.1, 0.15) is 47.9 Å². The Kier molecular flexibility index (Phi) is 8.48. The molecule has 0 unspecified atom stereocenters. The molecule has 2 heterocycles. The maximum atomic E-state index is 13.8. The van der Waals surface area contributed by atoms with Gasteiger partial charge in [0.05, 0.1) is 20.1 Å². The van der Waals surface area contributed by atoms with Crippen molar-refractivity contribution in [2.75, 3.05) is 20.2 Å². The molecular weight excluding hydrogens is 558 g/mol. The number of carbonyl (C=O) groups is 1. The molecule has 42 heavy (non-hydrogen) atoms. The van der Waals surface area contributed by atoms with Crippen LogP contribution in [0, 0.1) is 0 Å². The number of carboxylic acids is 1. The first kappa shape index (κ1) is 29.5. The summed E-state index contributed by atoms with van der Waals surface area (Å²) in [5.74, 6) is -0.607. The predicted octanol–water partition coefficient (Wildman–Crippen LogP) is 3.45. The van der Waals surface area contributed by atoms with Crippen LogP contribution < -0.4 is 15.2 Å². The number of aromatic nitrogens is 3. The summed E-state index contributed by atoms with van der Waals surface area (Å²) in [6, 6.07) is 16.2. The SMILES string of the molecule is COc1cc([C@@H](CC(=O)O)c2cccc(CN3C[C@@H](C)Oc4cc(CCCN)ccc4S3(=O)=O)c2)cc2nnn(C)c12. The first-order valence-corrected chi connectivity index (χ1v) is 15.2. The Labute approximate surface area is 244 Å². The number of nitrogens with zero attached hydrogens (tertiary/aromatic N) is 4. The molecule has 0 fully saturated rings. The summed E-state index contributed by atoms with van der Waals surface area (Å²) < 4.78 is 42.3. The van der Waals surface area contributed by atoms with E-state index >= 15 is 0 Å². The molecule has 11 nitrogen and oxygen atoms in total. The van der Waals surface area contributed by atoms with E-state index in [0.29, 0.717) is 34.6 Å². The zero-order chi connectivity index (χ0) is 30.0. The van der Waals surface area contributed by atoms with Crippen molar-refractivity contribution in [2.45, 2.75) is 49.6 Å². The standard InChI is InChI=1S/C30H35N5O6S/c1-19-17-35(42(38,39)28-10-9-20(7-5-11-31)13-26(28)41-19)18-21-6-4-8-22(12-21)24(16-29(36)37)23-14-25-30(27(15-23)40-3)34(2)33-32-25/h4,6,8-10,12-15,19,24H,5,7,11,16-18,31H2,1-3H3,(H,36,37)/t19-,24+/m1/s1. The number of rotatable bonds is 10. The lowest BCUT2D eigenvalue weighted by atomic mass is 9.87. The smallest absolute Gasteiger partial charge is 0.304 e. The number of hydrogen-bond donors (Lipinski definition) is 2. The molecule has 5 rings (SSSR count). The zero-order valence-corrected chi connectivity index (χ0v) is 24.7. The van der Waals surface area contributed by atoms with Crippen molar-refractivity contribution in [2.24, 2.45) is 12.8 Å². The Hall–Kier alpha value is -4.00. The molecular formula is C30H35N5O6S. The van der Waals surface area contributed by atoms with Gasteiger partial charge in [0.1, 0.15) is 33.5 Å². The molecule has 4 aromatic rings. The average Bonchev–Trinajstić information content (AvgIpc) is 3.30. The van der Waals surface area contributed by atoms with E-state index in [9.17, 15) is 18.3 Å². The fraction of sp³-hybridized carbons (Fsp3) is 0.367. The van der Waals surface area contributed by atoms with Gasteiger partial charge in [-0.3, -0.25) is 4.79 Å². The number of carboxylic acid groups (broad SMARTS) is 1. The van der Waals surface area contributed by atoms with Crippen molar-refractivity contribution in [1.29, 1.82) is 0 Å². The van der Waals surface area contributed by atoms with Crippen molar-refractivity contribution in [3.05, 3.63) is 76.9 Å². The minimum atomic E-state index is -3.87. The molecule has 222 valence electrons. The van der Waals surface area contributed by atoms with E-state index in [1.165, 1.54) is 4.31 Å². The van der Waals surface area contributed by atoms with Gasteiger partial charge < -0.3 is 20.3 Å². The van der Waals surface area contributed by atoms with E-state index in [0.717, 1.165) is 29.5 Å². The highest BCUT2D eigenvalue weighted by atomic mass is 32.2. The van der Waals surface area contributed by atoms with Crippen molar-refractivity contribution < 1.29 is 27.8 Å². The van der Waals surface area contributed by atoms with Crippen LogP contribution >= 0.6 is 0 Å². The third-order valence-corrected chi connectivity index (χ3v) is 9.34. The minimum absolute atomic E-state index is 0.102. The molecule has 3 aromatic carbocycles. The molecule has 0 saturated heterocycles.